The van der Waals surface area contributed by atoms with Crippen molar-refractivity contribution in [2.24, 2.45) is 0 Å². The number of amides is 1. The molecule has 1 atom stereocenters. The van der Waals surface area contributed by atoms with E-state index in [1.807, 2.05) is 49.4 Å². The zero-order valence-corrected chi connectivity index (χ0v) is 21.3. The number of carbonyl (C=O) groups is 2. The SMILES string of the molecule is CCOc1ccc2nc(N3C(=O)C(O)=C(C(=O)c4ccco4)[C@@H]3c3ccc(C(C)(C)C)cc3)sc2c1. The highest BCUT2D eigenvalue weighted by Gasteiger charge is 2.46. The van der Waals surface area contributed by atoms with Gasteiger partial charge in [0, 0.05) is 0 Å². The van der Waals surface area contributed by atoms with Gasteiger partial charge >= 0.3 is 0 Å². The van der Waals surface area contributed by atoms with E-state index in [2.05, 4.69) is 25.8 Å². The van der Waals surface area contributed by atoms with Crippen LogP contribution in [0.4, 0.5) is 5.13 Å². The second-order valence-electron chi connectivity index (χ2n) is 9.58. The predicted octanol–water partition coefficient (Wildman–Crippen LogP) is 6.37. The molecule has 5 rings (SSSR count). The zero-order chi connectivity index (χ0) is 25.6. The first-order valence-electron chi connectivity index (χ1n) is 11.7. The number of fused-ring (bicyclic) bond motifs is 1. The molecule has 36 heavy (non-hydrogen) atoms. The normalized spacial score (nSPS) is 16.3. The van der Waals surface area contributed by atoms with Crippen LogP contribution in [0.25, 0.3) is 10.2 Å². The number of anilines is 1. The van der Waals surface area contributed by atoms with Gasteiger partial charge in [0.25, 0.3) is 5.91 Å². The first-order chi connectivity index (χ1) is 17.2. The molecule has 2 aromatic heterocycles. The number of aromatic nitrogens is 1. The molecule has 0 fully saturated rings. The summed E-state index contributed by atoms with van der Waals surface area (Å²) in [5.41, 5.74) is 2.38. The summed E-state index contributed by atoms with van der Waals surface area (Å²) in [5.74, 6) is -1.07. The van der Waals surface area contributed by atoms with Gasteiger partial charge < -0.3 is 14.3 Å². The van der Waals surface area contributed by atoms with Crippen molar-refractivity contribution in [1.29, 1.82) is 0 Å². The van der Waals surface area contributed by atoms with E-state index in [1.54, 1.807) is 6.07 Å². The van der Waals surface area contributed by atoms with Crippen molar-refractivity contribution >= 4 is 38.4 Å². The number of Topliss-reactive ketones (excluding diaryl/α,β-unsaturated/α-hetero) is 1. The third-order valence-electron chi connectivity index (χ3n) is 6.16. The van der Waals surface area contributed by atoms with Gasteiger partial charge in [0.05, 0.1) is 34.7 Å². The Morgan fingerprint density at radius 3 is 2.56 bits per heavy atom. The molecule has 3 heterocycles. The lowest BCUT2D eigenvalue weighted by atomic mass is 9.85. The van der Waals surface area contributed by atoms with Gasteiger partial charge in [0.2, 0.25) is 5.78 Å². The van der Waals surface area contributed by atoms with E-state index in [1.165, 1.54) is 28.6 Å². The molecular formula is C28H26N2O5S. The number of benzene rings is 2. The maximum absolute atomic E-state index is 13.4. The van der Waals surface area contributed by atoms with Crippen LogP contribution in [0.5, 0.6) is 5.75 Å². The molecule has 0 radical (unpaired) electrons. The molecule has 2 aromatic carbocycles. The standard InChI is InChI=1S/C28H26N2O5S/c1-5-34-18-12-13-19-21(15-18)36-27(29-19)30-23(16-8-10-17(11-9-16)28(2,3)4)22(25(32)26(30)33)24(31)20-7-6-14-35-20/h6-15,23,32H,5H2,1-4H3/t23-/m0/s1. The minimum Gasteiger partial charge on any atom is -0.503 e. The highest BCUT2D eigenvalue weighted by atomic mass is 32.1. The number of ether oxygens (including phenoxy) is 1. The Morgan fingerprint density at radius 2 is 1.92 bits per heavy atom. The number of thiazole rings is 1. The summed E-state index contributed by atoms with van der Waals surface area (Å²) < 4.78 is 11.7. The topological polar surface area (TPSA) is 92.9 Å². The monoisotopic (exact) mass is 502 g/mol. The molecule has 0 unspecified atom stereocenters. The molecule has 8 heteroatoms. The molecule has 0 spiro atoms. The lowest BCUT2D eigenvalue weighted by Gasteiger charge is -2.25. The smallest absolute Gasteiger partial charge is 0.296 e. The fraction of sp³-hybridized carbons (Fsp3) is 0.250. The van der Waals surface area contributed by atoms with E-state index in [-0.39, 0.29) is 16.7 Å². The maximum atomic E-state index is 13.4. The van der Waals surface area contributed by atoms with Gasteiger partial charge in [0.1, 0.15) is 5.75 Å². The van der Waals surface area contributed by atoms with Crippen LogP contribution in [0, 0.1) is 0 Å². The number of ketones is 1. The fourth-order valence-electron chi connectivity index (χ4n) is 4.31. The first kappa shape index (κ1) is 23.8. The van der Waals surface area contributed by atoms with Gasteiger partial charge in [-0.25, -0.2) is 4.98 Å². The first-order valence-corrected chi connectivity index (χ1v) is 12.5. The molecular weight excluding hydrogens is 476 g/mol. The lowest BCUT2D eigenvalue weighted by molar-refractivity contribution is -0.117. The summed E-state index contributed by atoms with van der Waals surface area (Å²) >= 11 is 1.30. The second kappa shape index (κ2) is 8.95. The maximum Gasteiger partial charge on any atom is 0.296 e. The van der Waals surface area contributed by atoms with Gasteiger partial charge in [-0.05, 0) is 53.8 Å². The Kier molecular flexibility index (Phi) is 5.92. The summed E-state index contributed by atoms with van der Waals surface area (Å²) in [7, 11) is 0. The Bertz CT molecular complexity index is 1480. The molecule has 0 saturated carbocycles. The average molecular weight is 503 g/mol. The highest BCUT2D eigenvalue weighted by molar-refractivity contribution is 7.22. The third-order valence-corrected chi connectivity index (χ3v) is 7.17. The van der Waals surface area contributed by atoms with Crippen LogP contribution < -0.4 is 9.64 Å². The zero-order valence-electron chi connectivity index (χ0n) is 20.4. The van der Waals surface area contributed by atoms with Crippen molar-refractivity contribution in [1.82, 2.24) is 4.98 Å². The van der Waals surface area contributed by atoms with Crippen LogP contribution in [0.1, 0.15) is 55.4 Å². The molecule has 1 N–H and O–H groups in total. The van der Waals surface area contributed by atoms with Crippen molar-refractivity contribution in [3.63, 3.8) is 0 Å². The average Bonchev–Trinajstić information content (AvgIpc) is 3.57. The van der Waals surface area contributed by atoms with E-state index in [4.69, 9.17) is 9.15 Å². The van der Waals surface area contributed by atoms with Crippen LogP contribution in [-0.4, -0.2) is 28.4 Å². The molecule has 1 aliphatic heterocycles. The number of aliphatic hydroxyl groups is 1. The quantitative estimate of drug-likeness (QED) is 0.308. The summed E-state index contributed by atoms with van der Waals surface area (Å²) in [6.45, 7) is 8.78. The molecule has 0 saturated heterocycles. The molecule has 1 aliphatic rings. The van der Waals surface area contributed by atoms with E-state index >= 15 is 0 Å². The Labute approximate surface area is 212 Å². The third kappa shape index (κ3) is 4.07. The second-order valence-corrected chi connectivity index (χ2v) is 10.6. The molecule has 0 aliphatic carbocycles. The predicted molar refractivity (Wildman–Crippen MR) is 139 cm³/mol. The van der Waals surface area contributed by atoms with E-state index < -0.39 is 23.5 Å². The van der Waals surface area contributed by atoms with Gasteiger partial charge in [-0.2, -0.15) is 0 Å². The van der Waals surface area contributed by atoms with Crippen molar-refractivity contribution in [2.45, 2.75) is 39.2 Å². The van der Waals surface area contributed by atoms with Gasteiger partial charge in [-0.1, -0.05) is 56.4 Å². The number of aliphatic hydroxyl groups excluding tert-OH is 1. The molecule has 184 valence electrons. The van der Waals surface area contributed by atoms with Crippen LogP contribution in [0.15, 0.2) is 76.6 Å². The number of carbonyl (C=O) groups excluding carboxylic acids is 2. The summed E-state index contributed by atoms with van der Waals surface area (Å²) in [6.07, 6.45) is 1.38. The molecule has 1 amide bonds. The summed E-state index contributed by atoms with van der Waals surface area (Å²) in [5, 5.41) is 11.3. The minimum atomic E-state index is -0.865. The number of rotatable bonds is 6. The summed E-state index contributed by atoms with van der Waals surface area (Å²) in [6, 6.07) is 15.5. The van der Waals surface area contributed by atoms with Crippen molar-refractivity contribution in [2.75, 3.05) is 11.5 Å². The summed E-state index contributed by atoms with van der Waals surface area (Å²) in [4.78, 5) is 32.9. The lowest BCUT2D eigenvalue weighted by Crippen LogP contribution is -2.31. The number of furan rings is 1. The van der Waals surface area contributed by atoms with Crippen molar-refractivity contribution in [3.8, 4) is 5.75 Å². The Morgan fingerprint density at radius 1 is 1.17 bits per heavy atom. The van der Waals surface area contributed by atoms with E-state index in [0.717, 1.165) is 10.3 Å². The Balaban J connectivity index is 1.64. The molecule has 4 aromatic rings. The van der Waals surface area contributed by atoms with Gasteiger partial charge in [-0.15, -0.1) is 0 Å². The van der Waals surface area contributed by atoms with Crippen LogP contribution in [0.2, 0.25) is 0 Å². The number of hydrogen-bond donors (Lipinski definition) is 1. The minimum absolute atomic E-state index is 0.0345. The van der Waals surface area contributed by atoms with Crippen LogP contribution >= 0.6 is 11.3 Å². The fourth-order valence-corrected chi connectivity index (χ4v) is 5.33. The highest BCUT2D eigenvalue weighted by Crippen LogP contribution is 2.44. The number of hydrogen-bond acceptors (Lipinski definition) is 7. The number of nitrogens with zero attached hydrogens (tertiary/aromatic N) is 2. The van der Waals surface area contributed by atoms with Crippen LogP contribution in [0.3, 0.4) is 0 Å². The van der Waals surface area contributed by atoms with Crippen LogP contribution in [-0.2, 0) is 10.2 Å². The van der Waals surface area contributed by atoms with Crippen molar-refractivity contribution < 1.29 is 23.8 Å². The van der Waals surface area contributed by atoms with E-state index in [0.29, 0.717) is 28.6 Å². The van der Waals surface area contributed by atoms with Gasteiger partial charge in [0.15, 0.2) is 16.7 Å². The van der Waals surface area contributed by atoms with Gasteiger partial charge in [-0.3, -0.25) is 14.5 Å². The Hall–Kier alpha value is -3.91. The van der Waals surface area contributed by atoms with Crippen molar-refractivity contribution in [3.05, 3.63) is 89.1 Å². The molecule has 7 nitrogen and oxygen atoms in total. The molecule has 0 bridgehead atoms. The van der Waals surface area contributed by atoms with E-state index in [9.17, 15) is 14.7 Å². The largest absolute Gasteiger partial charge is 0.503 e.